The van der Waals surface area contributed by atoms with E-state index < -0.39 is 17.9 Å². The summed E-state index contributed by atoms with van der Waals surface area (Å²) in [7, 11) is 1.61. The van der Waals surface area contributed by atoms with Crippen molar-refractivity contribution in [3.8, 4) is 5.75 Å². The van der Waals surface area contributed by atoms with E-state index in [1.165, 1.54) is 30.6 Å². The minimum Gasteiger partial charge on any atom is -0.497 e. The molecule has 5 rings (SSSR count). The molecule has 1 aliphatic heterocycles. The molecule has 1 aliphatic carbocycles. The van der Waals surface area contributed by atoms with Gasteiger partial charge in [0.15, 0.2) is 0 Å². The number of nitrogens with two attached hydrogens (primary N) is 1. The number of rotatable bonds is 12. The summed E-state index contributed by atoms with van der Waals surface area (Å²) in [6.45, 7) is 3.69. The number of hydrogen-bond acceptors (Lipinski definition) is 7. The second-order valence-electron chi connectivity index (χ2n) is 10.9. The predicted octanol–water partition coefficient (Wildman–Crippen LogP) is 4.69. The van der Waals surface area contributed by atoms with E-state index in [4.69, 9.17) is 15.6 Å². The Labute approximate surface area is 262 Å². The third-order valence-corrected chi connectivity index (χ3v) is 8.34. The summed E-state index contributed by atoms with van der Waals surface area (Å²) in [6.07, 6.45) is 11.5. The lowest BCUT2D eigenvalue weighted by Gasteiger charge is -2.22. The number of unbranched alkanes of at least 4 members (excludes halogenated alkanes) is 3. The smallest absolute Gasteiger partial charge is 0.307 e. The summed E-state index contributed by atoms with van der Waals surface area (Å²) in [5.74, 6) is -0.0753. The van der Waals surface area contributed by atoms with Crippen LogP contribution in [0.25, 0.3) is 10.2 Å². The van der Waals surface area contributed by atoms with Gasteiger partial charge in [-0.2, -0.15) is 0 Å². The van der Waals surface area contributed by atoms with Gasteiger partial charge in [-0.1, -0.05) is 73.6 Å². The lowest BCUT2D eigenvalue weighted by Crippen LogP contribution is -2.46. The monoisotopic (exact) mass is 624 g/mol. The predicted molar refractivity (Wildman–Crippen MR) is 174 cm³/mol. The largest absolute Gasteiger partial charge is 0.497 e. The molecule has 2 heterocycles. The number of aromatic nitrogens is 1. The molecule has 1 saturated carbocycles. The Bertz CT molecular complexity index is 1440. The number of ether oxygens (including phenoxy) is 1. The number of thiazole rings is 1. The van der Waals surface area contributed by atoms with Gasteiger partial charge in [0.25, 0.3) is 0 Å². The second-order valence-corrected chi connectivity index (χ2v) is 11.9. The maximum atomic E-state index is 12.0. The number of nitrogens with one attached hydrogen (secondary N) is 2. The van der Waals surface area contributed by atoms with E-state index in [1.54, 1.807) is 12.0 Å². The molecule has 0 radical (unpaired) electrons. The zero-order valence-electron chi connectivity index (χ0n) is 25.5. The molecule has 2 amide bonds. The molecular formula is C33H44N4O6S. The molecule has 3 unspecified atom stereocenters. The SMILES string of the molecule is CCCCC/C=C\C1CC1C(=O)O.COc1ccc2[nH]c(=O)sc2c1.NC(=O)C1CCCN1C(=O)CNCc1ccccc1. The summed E-state index contributed by atoms with van der Waals surface area (Å²) in [5, 5.41) is 11.7. The van der Waals surface area contributed by atoms with Crippen LogP contribution in [0.4, 0.5) is 0 Å². The molecule has 11 heteroatoms. The molecule has 3 atom stereocenters. The average Bonchev–Trinajstić information content (AvgIpc) is 3.44. The summed E-state index contributed by atoms with van der Waals surface area (Å²) in [5.41, 5.74) is 7.29. The summed E-state index contributed by atoms with van der Waals surface area (Å²) in [4.78, 5) is 48.9. The van der Waals surface area contributed by atoms with E-state index in [9.17, 15) is 19.2 Å². The number of amides is 2. The molecule has 2 aromatic carbocycles. The van der Waals surface area contributed by atoms with Gasteiger partial charge in [0, 0.05) is 13.1 Å². The number of carboxylic acids is 1. The molecule has 44 heavy (non-hydrogen) atoms. The number of carbonyl (C=O) groups is 3. The number of aliphatic carboxylic acids is 1. The van der Waals surface area contributed by atoms with Crippen molar-refractivity contribution in [3.05, 3.63) is 75.9 Å². The Balaban J connectivity index is 0.000000187. The lowest BCUT2D eigenvalue weighted by molar-refractivity contribution is -0.138. The van der Waals surface area contributed by atoms with Gasteiger partial charge in [0.05, 0.1) is 29.8 Å². The number of nitrogens with zero attached hydrogens (tertiary/aromatic N) is 1. The molecule has 2 fully saturated rings. The quantitative estimate of drug-likeness (QED) is 0.168. The fraction of sp³-hybridized carbons (Fsp3) is 0.455. The molecule has 2 aliphatic rings. The first-order chi connectivity index (χ1) is 21.2. The normalized spacial score (nSPS) is 18.7. The van der Waals surface area contributed by atoms with E-state index in [1.807, 2.05) is 48.5 Å². The van der Waals surface area contributed by atoms with Crippen molar-refractivity contribution >= 4 is 39.3 Å². The van der Waals surface area contributed by atoms with Crippen LogP contribution < -0.4 is 20.7 Å². The Morgan fingerprint density at radius 2 is 1.95 bits per heavy atom. The number of benzene rings is 2. The van der Waals surface area contributed by atoms with Crippen LogP contribution in [-0.4, -0.2) is 59.0 Å². The zero-order valence-corrected chi connectivity index (χ0v) is 26.3. The number of allylic oxidation sites excluding steroid dienone is 2. The fourth-order valence-electron chi connectivity index (χ4n) is 4.92. The maximum absolute atomic E-state index is 12.0. The number of carbonyl (C=O) groups excluding carboxylic acids is 2. The highest BCUT2D eigenvalue weighted by Gasteiger charge is 2.40. The van der Waals surface area contributed by atoms with Crippen LogP contribution in [0.15, 0.2) is 65.5 Å². The highest BCUT2D eigenvalue weighted by atomic mass is 32.1. The summed E-state index contributed by atoms with van der Waals surface area (Å²) in [6, 6.07) is 15.0. The van der Waals surface area contributed by atoms with Crippen LogP contribution in [0, 0.1) is 11.8 Å². The van der Waals surface area contributed by atoms with Gasteiger partial charge in [-0.05, 0) is 61.8 Å². The summed E-state index contributed by atoms with van der Waals surface area (Å²) < 4.78 is 5.95. The van der Waals surface area contributed by atoms with Gasteiger partial charge >= 0.3 is 10.8 Å². The van der Waals surface area contributed by atoms with Gasteiger partial charge < -0.3 is 30.8 Å². The maximum Gasteiger partial charge on any atom is 0.307 e. The van der Waals surface area contributed by atoms with Gasteiger partial charge in [-0.15, -0.1) is 0 Å². The average molecular weight is 625 g/mol. The molecular weight excluding hydrogens is 580 g/mol. The molecule has 1 aromatic heterocycles. The molecule has 0 bridgehead atoms. The number of likely N-dealkylation sites (tertiary alicyclic amines) is 1. The second kappa shape index (κ2) is 18.0. The van der Waals surface area contributed by atoms with Crippen LogP contribution in [0.3, 0.4) is 0 Å². The van der Waals surface area contributed by atoms with E-state index in [-0.39, 0.29) is 23.2 Å². The van der Waals surface area contributed by atoms with Crippen molar-refractivity contribution in [2.24, 2.45) is 17.6 Å². The van der Waals surface area contributed by atoms with Crippen molar-refractivity contribution in [2.75, 3.05) is 20.2 Å². The number of carboxylic acid groups (broad SMARTS) is 1. The first-order valence-corrected chi connectivity index (χ1v) is 15.9. The Kier molecular flexibility index (Phi) is 14.1. The third kappa shape index (κ3) is 11.3. The highest BCUT2D eigenvalue weighted by Crippen LogP contribution is 2.39. The molecule has 3 aromatic rings. The number of aromatic amines is 1. The number of primary amides is 1. The molecule has 10 nitrogen and oxygen atoms in total. The molecule has 0 spiro atoms. The standard InChI is InChI=1S/C14H19N3O2.C11H18O2.C8H7NO2S/c15-14(19)12-7-4-8-17(12)13(18)10-16-9-11-5-2-1-3-6-11;1-2-3-4-5-6-7-9-8-10(9)11(12)13;1-11-5-2-3-6-7(4-5)12-8(10)9-6/h1-3,5-6,12,16H,4,7-10H2,(H2,15,19);6-7,9-10H,2-5,8H2,1H3,(H,12,13);2-4H,1H3,(H,9,10)/b;7-6-;. The van der Waals surface area contributed by atoms with Gasteiger partial charge in [0.1, 0.15) is 11.8 Å². The van der Waals surface area contributed by atoms with Crippen LogP contribution in [0.5, 0.6) is 5.75 Å². The minimum atomic E-state index is -0.636. The van der Waals surface area contributed by atoms with Crippen molar-refractivity contribution < 1.29 is 24.2 Å². The van der Waals surface area contributed by atoms with E-state index in [0.717, 1.165) is 40.8 Å². The van der Waals surface area contributed by atoms with Crippen LogP contribution in [0.1, 0.15) is 57.4 Å². The molecule has 238 valence electrons. The lowest BCUT2D eigenvalue weighted by atomic mass is 10.2. The topological polar surface area (TPSA) is 155 Å². The van der Waals surface area contributed by atoms with Crippen LogP contribution >= 0.6 is 11.3 Å². The van der Waals surface area contributed by atoms with E-state index in [0.29, 0.717) is 25.4 Å². The third-order valence-electron chi connectivity index (χ3n) is 7.49. The van der Waals surface area contributed by atoms with E-state index >= 15 is 0 Å². The van der Waals surface area contributed by atoms with Crippen molar-refractivity contribution in [1.82, 2.24) is 15.2 Å². The van der Waals surface area contributed by atoms with E-state index in [2.05, 4.69) is 29.4 Å². The van der Waals surface area contributed by atoms with Gasteiger partial charge in [-0.3, -0.25) is 19.2 Å². The van der Waals surface area contributed by atoms with Crippen LogP contribution in [0.2, 0.25) is 0 Å². The fourth-order valence-corrected chi connectivity index (χ4v) is 5.68. The van der Waals surface area contributed by atoms with Crippen molar-refractivity contribution in [2.45, 2.75) is 64.5 Å². The minimum absolute atomic E-state index is 0.0294. The first kappa shape index (κ1) is 34.5. The van der Waals surface area contributed by atoms with Gasteiger partial charge in [0.2, 0.25) is 11.8 Å². The van der Waals surface area contributed by atoms with Gasteiger partial charge in [-0.25, -0.2) is 0 Å². The Morgan fingerprint density at radius 3 is 2.61 bits per heavy atom. The number of methoxy groups -OCH3 is 1. The summed E-state index contributed by atoms with van der Waals surface area (Å²) >= 11 is 1.19. The van der Waals surface area contributed by atoms with Crippen molar-refractivity contribution in [3.63, 3.8) is 0 Å². The Morgan fingerprint density at radius 1 is 1.18 bits per heavy atom. The first-order valence-electron chi connectivity index (χ1n) is 15.1. The number of fused-ring (bicyclic) bond motifs is 1. The number of hydrogen-bond donors (Lipinski definition) is 4. The van der Waals surface area contributed by atoms with Crippen molar-refractivity contribution in [1.29, 1.82) is 0 Å². The zero-order chi connectivity index (χ0) is 31.9. The number of H-pyrrole nitrogens is 1. The molecule has 5 N–H and O–H groups in total. The Hall–Kier alpha value is -3.96. The van der Waals surface area contributed by atoms with Crippen LogP contribution in [-0.2, 0) is 20.9 Å². The highest BCUT2D eigenvalue weighted by molar-refractivity contribution is 7.16. The molecule has 1 saturated heterocycles.